The second-order valence-corrected chi connectivity index (χ2v) is 8.51. The summed E-state index contributed by atoms with van der Waals surface area (Å²) in [6.45, 7) is 8.56. The van der Waals surface area contributed by atoms with Crippen molar-refractivity contribution in [3.05, 3.63) is 41.4 Å². The summed E-state index contributed by atoms with van der Waals surface area (Å²) in [7, 11) is 1.82. The molecule has 0 radical (unpaired) electrons. The van der Waals surface area contributed by atoms with E-state index in [4.69, 9.17) is 4.98 Å². The summed E-state index contributed by atoms with van der Waals surface area (Å²) in [4.78, 5) is 11.7. The molecule has 0 unspecified atom stereocenters. The molecule has 28 heavy (non-hydrogen) atoms. The Bertz CT molecular complexity index is 738. The van der Waals surface area contributed by atoms with Crippen LogP contribution < -0.4 is 10.6 Å². The molecule has 1 aromatic carbocycles. The lowest BCUT2D eigenvalue weighted by Gasteiger charge is -2.41. The number of hydrogen-bond donors (Lipinski definition) is 2. The van der Waals surface area contributed by atoms with Gasteiger partial charge < -0.3 is 10.6 Å². The van der Waals surface area contributed by atoms with E-state index in [1.165, 1.54) is 37.9 Å². The first-order valence-corrected chi connectivity index (χ1v) is 10.7. The van der Waals surface area contributed by atoms with Crippen LogP contribution in [-0.4, -0.2) is 48.1 Å². The SMILES string of the molecule is CN=C(NCc1csc(-c2ccccc2)n1)NCC(C)(C)N1CCCCC1.I. The number of hydrogen-bond acceptors (Lipinski definition) is 4. The predicted molar refractivity (Wildman–Crippen MR) is 131 cm³/mol. The highest BCUT2D eigenvalue weighted by Gasteiger charge is 2.27. The van der Waals surface area contributed by atoms with Crippen LogP contribution in [0.5, 0.6) is 0 Å². The Labute approximate surface area is 190 Å². The van der Waals surface area contributed by atoms with Crippen LogP contribution in [0.1, 0.15) is 38.8 Å². The van der Waals surface area contributed by atoms with Crippen LogP contribution in [-0.2, 0) is 6.54 Å². The maximum atomic E-state index is 4.73. The number of benzene rings is 1. The molecule has 0 spiro atoms. The molecular formula is C21H32IN5S. The van der Waals surface area contributed by atoms with Gasteiger partial charge in [0.1, 0.15) is 5.01 Å². The number of nitrogens with zero attached hydrogens (tertiary/aromatic N) is 3. The van der Waals surface area contributed by atoms with Crippen LogP contribution in [0.3, 0.4) is 0 Å². The molecule has 154 valence electrons. The second kappa shape index (κ2) is 11.1. The van der Waals surface area contributed by atoms with Gasteiger partial charge in [-0.15, -0.1) is 35.3 Å². The predicted octanol–water partition coefficient (Wildman–Crippen LogP) is 4.36. The second-order valence-electron chi connectivity index (χ2n) is 7.65. The maximum Gasteiger partial charge on any atom is 0.191 e. The van der Waals surface area contributed by atoms with Crippen molar-refractivity contribution in [2.75, 3.05) is 26.7 Å². The molecule has 5 nitrogen and oxygen atoms in total. The number of thiazole rings is 1. The molecule has 1 saturated heterocycles. The molecule has 1 aliphatic rings. The van der Waals surface area contributed by atoms with Gasteiger partial charge in [-0.25, -0.2) is 4.98 Å². The van der Waals surface area contributed by atoms with Crippen molar-refractivity contribution in [1.29, 1.82) is 0 Å². The average molecular weight is 513 g/mol. The number of piperidine rings is 1. The molecule has 2 aromatic rings. The summed E-state index contributed by atoms with van der Waals surface area (Å²) in [5.74, 6) is 0.828. The van der Waals surface area contributed by atoms with Gasteiger partial charge in [-0.05, 0) is 39.8 Å². The molecule has 2 heterocycles. The Balaban J connectivity index is 0.00000280. The molecule has 0 atom stereocenters. The number of guanidine groups is 1. The summed E-state index contributed by atoms with van der Waals surface area (Å²) >= 11 is 1.68. The first-order chi connectivity index (χ1) is 13.1. The Kier molecular flexibility index (Phi) is 9.17. The lowest BCUT2D eigenvalue weighted by molar-refractivity contribution is 0.0982. The number of likely N-dealkylation sites (tertiary alicyclic amines) is 1. The minimum absolute atomic E-state index is 0. The summed E-state index contributed by atoms with van der Waals surface area (Å²) in [5.41, 5.74) is 2.33. The van der Waals surface area contributed by atoms with E-state index in [0.717, 1.165) is 23.2 Å². The first-order valence-electron chi connectivity index (χ1n) is 9.78. The molecule has 0 aliphatic carbocycles. The van der Waals surface area contributed by atoms with Crippen LogP contribution in [0.15, 0.2) is 40.7 Å². The van der Waals surface area contributed by atoms with Crippen molar-refractivity contribution in [2.24, 2.45) is 4.99 Å². The van der Waals surface area contributed by atoms with Gasteiger partial charge in [0, 0.05) is 30.1 Å². The molecule has 1 aliphatic heterocycles. The molecular weight excluding hydrogens is 481 g/mol. The topological polar surface area (TPSA) is 52.6 Å². The number of rotatable bonds is 6. The van der Waals surface area contributed by atoms with E-state index in [1.807, 2.05) is 25.2 Å². The normalized spacial score (nSPS) is 15.8. The maximum absolute atomic E-state index is 4.73. The smallest absolute Gasteiger partial charge is 0.191 e. The van der Waals surface area contributed by atoms with Gasteiger partial charge in [0.25, 0.3) is 0 Å². The fourth-order valence-corrected chi connectivity index (χ4v) is 4.23. The van der Waals surface area contributed by atoms with E-state index in [-0.39, 0.29) is 29.5 Å². The van der Waals surface area contributed by atoms with Crippen molar-refractivity contribution >= 4 is 41.3 Å². The Morgan fingerprint density at radius 3 is 2.54 bits per heavy atom. The van der Waals surface area contributed by atoms with Crippen molar-refractivity contribution < 1.29 is 0 Å². The summed E-state index contributed by atoms with van der Waals surface area (Å²) in [6.07, 6.45) is 3.98. The Morgan fingerprint density at radius 2 is 1.86 bits per heavy atom. The van der Waals surface area contributed by atoms with Gasteiger partial charge >= 0.3 is 0 Å². The number of halogens is 1. The van der Waals surface area contributed by atoms with E-state index < -0.39 is 0 Å². The Morgan fingerprint density at radius 1 is 1.14 bits per heavy atom. The van der Waals surface area contributed by atoms with Crippen LogP contribution in [0.2, 0.25) is 0 Å². The van der Waals surface area contributed by atoms with E-state index in [0.29, 0.717) is 6.54 Å². The van der Waals surface area contributed by atoms with Crippen molar-refractivity contribution in [3.8, 4) is 10.6 Å². The van der Waals surface area contributed by atoms with Crippen molar-refractivity contribution in [2.45, 2.75) is 45.2 Å². The third-order valence-electron chi connectivity index (χ3n) is 5.13. The van der Waals surface area contributed by atoms with Crippen LogP contribution >= 0.6 is 35.3 Å². The van der Waals surface area contributed by atoms with E-state index in [9.17, 15) is 0 Å². The summed E-state index contributed by atoms with van der Waals surface area (Å²) in [5, 5.41) is 10.0. The van der Waals surface area contributed by atoms with Crippen molar-refractivity contribution in [1.82, 2.24) is 20.5 Å². The number of aromatic nitrogens is 1. The quantitative estimate of drug-likeness (QED) is 0.343. The average Bonchev–Trinajstić information content (AvgIpc) is 3.18. The molecule has 1 fully saturated rings. The molecule has 2 N–H and O–H groups in total. The molecule has 0 saturated carbocycles. The van der Waals surface area contributed by atoms with Gasteiger partial charge in [0.05, 0.1) is 12.2 Å². The van der Waals surface area contributed by atoms with Gasteiger partial charge in [-0.2, -0.15) is 0 Å². The van der Waals surface area contributed by atoms with E-state index in [2.05, 4.69) is 51.9 Å². The van der Waals surface area contributed by atoms with Gasteiger partial charge in [0.2, 0.25) is 0 Å². The molecule has 7 heteroatoms. The highest BCUT2D eigenvalue weighted by atomic mass is 127. The lowest BCUT2D eigenvalue weighted by Crippen LogP contribution is -2.54. The van der Waals surface area contributed by atoms with E-state index in [1.54, 1.807) is 11.3 Å². The minimum Gasteiger partial charge on any atom is -0.355 e. The summed E-state index contributed by atoms with van der Waals surface area (Å²) < 4.78 is 0. The van der Waals surface area contributed by atoms with Gasteiger partial charge in [-0.1, -0.05) is 36.8 Å². The van der Waals surface area contributed by atoms with Crippen LogP contribution in [0.4, 0.5) is 0 Å². The zero-order valence-corrected chi connectivity index (χ0v) is 20.2. The molecule has 1 aromatic heterocycles. The largest absolute Gasteiger partial charge is 0.355 e. The zero-order chi connectivity index (χ0) is 19.1. The summed E-state index contributed by atoms with van der Waals surface area (Å²) in [6, 6.07) is 10.3. The highest BCUT2D eigenvalue weighted by Crippen LogP contribution is 2.23. The number of nitrogens with one attached hydrogen (secondary N) is 2. The van der Waals surface area contributed by atoms with Gasteiger partial charge in [0.15, 0.2) is 5.96 Å². The number of aliphatic imine (C=N–C) groups is 1. The van der Waals surface area contributed by atoms with E-state index >= 15 is 0 Å². The van der Waals surface area contributed by atoms with Crippen LogP contribution in [0, 0.1) is 0 Å². The third-order valence-corrected chi connectivity index (χ3v) is 6.07. The van der Waals surface area contributed by atoms with Crippen molar-refractivity contribution in [3.63, 3.8) is 0 Å². The zero-order valence-electron chi connectivity index (χ0n) is 17.1. The highest BCUT2D eigenvalue weighted by molar-refractivity contribution is 14.0. The fourth-order valence-electron chi connectivity index (χ4n) is 3.41. The molecule has 0 amide bonds. The Hall–Kier alpha value is -1.19. The molecule has 0 bridgehead atoms. The standard InChI is InChI=1S/C21H31N5S.HI/c1-21(2,26-12-8-5-9-13-26)16-24-20(22-3)23-14-18-15-27-19(25-18)17-10-6-4-7-11-17;/h4,6-7,10-11,15H,5,8-9,12-14,16H2,1-3H3,(H2,22,23,24);1H. The van der Waals surface area contributed by atoms with Gasteiger partial charge in [-0.3, -0.25) is 9.89 Å². The van der Waals surface area contributed by atoms with Crippen LogP contribution in [0.25, 0.3) is 10.6 Å². The first kappa shape index (κ1) is 23.1. The monoisotopic (exact) mass is 513 g/mol. The molecule has 3 rings (SSSR count). The lowest BCUT2D eigenvalue weighted by atomic mass is 9.98. The minimum atomic E-state index is 0. The fraction of sp³-hybridized carbons (Fsp3) is 0.524. The third kappa shape index (κ3) is 6.42.